The number of nitrogens with zero attached hydrogens (tertiary/aromatic N) is 3. The number of thiazole rings is 1. The summed E-state index contributed by atoms with van der Waals surface area (Å²) >= 11 is 1.04. The lowest BCUT2D eigenvalue weighted by Gasteiger charge is -2.25. The van der Waals surface area contributed by atoms with Crippen LogP contribution in [0.1, 0.15) is 31.0 Å². The molecule has 0 amide bonds. The lowest BCUT2D eigenvalue weighted by molar-refractivity contribution is -0.385. The molecule has 2 heterocycles. The summed E-state index contributed by atoms with van der Waals surface area (Å²) in [6.45, 7) is 2.88. The van der Waals surface area contributed by atoms with Crippen LogP contribution in [0.2, 0.25) is 0 Å². The topological polar surface area (TPSA) is 139 Å². The number of nitro groups is 1. The molecule has 0 aliphatic carbocycles. The van der Waals surface area contributed by atoms with Gasteiger partial charge in [-0.15, -0.1) is 0 Å². The number of carbonyl (C=O) groups is 2. The first-order valence-corrected chi connectivity index (χ1v) is 11.7. The second-order valence-corrected chi connectivity index (χ2v) is 8.90. The third-order valence-corrected chi connectivity index (χ3v) is 6.59. The van der Waals surface area contributed by atoms with Crippen LogP contribution in [-0.4, -0.2) is 35.6 Å². The van der Waals surface area contributed by atoms with Gasteiger partial charge in [-0.1, -0.05) is 29.5 Å². The molecule has 190 valence electrons. The molecule has 0 saturated carbocycles. The predicted molar refractivity (Wildman–Crippen MR) is 133 cm³/mol. The van der Waals surface area contributed by atoms with Crippen molar-refractivity contribution in [2.75, 3.05) is 14.2 Å². The average Bonchev–Trinajstić information content (AvgIpc) is 3.17. The van der Waals surface area contributed by atoms with Gasteiger partial charge in [0, 0.05) is 13.0 Å². The highest BCUT2D eigenvalue weighted by molar-refractivity contribution is 7.07. The van der Waals surface area contributed by atoms with E-state index in [0.717, 1.165) is 11.3 Å². The Bertz CT molecular complexity index is 1650. The molecule has 0 N–H and O–H groups in total. The summed E-state index contributed by atoms with van der Waals surface area (Å²) in [6, 6.07) is 9.78. The molecule has 1 aliphatic heterocycles. The Balaban J connectivity index is 1.98. The summed E-state index contributed by atoms with van der Waals surface area (Å²) in [5.41, 5.74) is 0.560. The number of aromatic nitrogens is 1. The minimum absolute atomic E-state index is 0.134. The third-order valence-electron chi connectivity index (χ3n) is 5.60. The number of methoxy groups -OCH3 is 2. The van der Waals surface area contributed by atoms with E-state index in [9.17, 15) is 24.5 Å². The summed E-state index contributed by atoms with van der Waals surface area (Å²) in [5, 5.41) is 11.5. The van der Waals surface area contributed by atoms with Gasteiger partial charge < -0.3 is 14.2 Å². The fraction of sp³-hybridized carbons (Fsp3) is 0.200. The standard InChI is InChI=1S/C25H21N3O8S/c1-13-21(24(31)35-4)22(16-9-10-18(36-14(2)29)19(11-16)34-3)27-23(30)20(37-25(27)26-13)12-15-7-5-6-8-17(15)28(32)33/h5-12,22H,1-4H3. The van der Waals surface area contributed by atoms with E-state index in [1.165, 1.54) is 56.1 Å². The molecule has 1 atom stereocenters. The normalized spacial score (nSPS) is 15.0. The highest BCUT2D eigenvalue weighted by Crippen LogP contribution is 2.36. The fourth-order valence-corrected chi connectivity index (χ4v) is 5.06. The smallest absolute Gasteiger partial charge is 0.338 e. The first-order chi connectivity index (χ1) is 17.7. The molecule has 1 unspecified atom stereocenters. The van der Waals surface area contributed by atoms with Crippen LogP contribution in [0.4, 0.5) is 5.69 Å². The van der Waals surface area contributed by atoms with Gasteiger partial charge in [0.1, 0.15) is 0 Å². The largest absolute Gasteiger partial charge is 0.493 e. The first-order valence-electron chi connectivity index (χ1n) is 10.9. The van der Waals surface area contributed by atoms with Gasteiger partial charge in [0.05, 0.1) is 46.6 Å². The monoisotopic (exact) mass is 523 g/mol. The highest BCUT2D eigenvalue weighted by Gasteiger charge is 2.33. The van der Waals surface area contributed by atoms with Crippen LogP contribution in [0.3, 0.4) is 0 Å². The Morgan fingerprint density at radius 2 is 1.89 bits per heavy atom. The average molecular weight is 524 g/mol. The van der Waals surface area contributed by atoms with Crippen LogP contribution in [-0.2, 0) is 14.3 Å². The van der Waals surface area contributed by atoms with Crippen LogP contribution >= 0.6 is 11.3 Å². The number of esters is 2. The lowest BCUT2D eigenvalue weighted by atomic mass is 9.95. The number of nitro benzene ring substituents is 1. The third kappa shape index (κ3) is 4.78. The van der Waals surface area contributed by atoms with Gasteiger partial charge in [-0.2, -0.15) is 0 Å². The second kappa shape index (κ2) is 10.2. The molecule has 0 spiro atoms. The van der Waals surface area contributed by atoms with Gasteiger partial charge in [-0.3, -0.25) is 24.3 Å². The molecule has 0 bridgehead atoms. The fourth-order valence-electron chi connectivity index (χ4n) is 4.02. The van der Waals surface area contributed by atoms with Crippen molar-refractivity contribution in [3.05, 3.63) is 94.7 Å². The van der Waals surface area contributed by atoms with E-state index in [1.807, 2.05) is 0 Å². The van der Waals surface area contributed by atoms with Crippen LogP contribution in [0, 0.1) is 10.1 Å². The number of para-hydroxylation sites is 1. The molecule has 12 heteroatoms. The molecule has 11 nitrogen and oxygen atoms in total. The summed E-state index contributed by atoms with van der Waals surface area (Å²) in [4.78, 5) is 53.6. The molecule has 4 rings (SSSR count). The number of rotatable bonds is 6. The quantitative estimate of drug-likeness (QED) is 0.207. The molecule has 1 aromatic heterocycles. The van der Waals surface area contributed by atoms with Gasteiger partial charge in [0.25, 0.3) is 11.2 Å². The lowest BCUT2D eigenvalue weighted by Crippen LogP contribution is -2.39. The van der Waals surface area contributed by atoms with E-state index >= 15 is 0 Å². The van der Waals surface area contributed by atoms with Gasteiger partial charge >= 0.3 is 11.9 Å². The van der Waals surface area contributed by atoms with E-state index in [-0.39, 0.29) is 32.9 Å². The maximum absolute atomic E-state index is 13.6. The van der Waals surface area contributed by atoms with Gasteiger partial charge in [-0.25, -0.2) is 9.79 Å². The van der Waals surface area contributed by atoms with Crippen molar-refractivity contribution in [3.8, 4) is 11.5 Å². The number of fused-ring (bicyclic) bond motifs is 1. The van der Waals surface area contributed by atoms with Crippen LogP contribution in [0.25, 0.3) is 6.08 Å². The van der Waals surface area contributed by atoms with Crippen molar-refractivity contribution in [2.45, 2.75) is 19.9 Å². The van der Waals surface area contributed by atoms with Gasteiger partial charge in [0.15, 0.2) is 16.3 Å². The van der Waals surface area contributed by atoms with E-state index in [0.29, 0.717) is 16.1 Å². The molecule has 0 radical (unpaired) electrons. The number of benzene rings is 2. The second-order valence-electron chi connectivity index (χ2n) is 7.89. The summed E-state index contributed by atoms with van der Waals surface area (Å²) in [7, 11) is 2.62. The minimum atomic E-state index is -0.947. The Hall–Kier alpha value is -4.58. The van der Waals surface area contributed by atoms with Crippen molar-refractivity contribution in [1.82, 2.24) is 4.57 Å². The molecule has 1 aliphatic rings. The number of allylic oxidation sites excluding steroid dienone is 1. The van der Waals surface area contributed by atoms with Gasteiger partial charge in [-0.05, 0) is 36.8 Å². The molecule has 37 heavy (non-hydrogen) atoms. The zero-order valence-corrected chi connectivity index (χ0v) is 21.0. The predicted octanol–water partition coefficient (Wildman–Crippen LogP) is 2.25. The SMILES string of the molecule is COC(=O)C1=C(C)N=c2sc(=Cc3ccccc3[N+](=O)[O-])c(=O)n2C1c1ccc(OC(C)=O)c(OC)c1. The molecule has 0 saturated heterocycles. The maximum Gasteiger partial charge on any atom is 0.338 e. The van der Waals surface area contributed by atoms with Gasteiger partial charge in [0.2, 0.25) is 0 Å². The van der Waals surface area contributed by atoms with Crippen molar-refractivity contribution in [3.63, 3.8) is 0 Å². The molecule has 0 fully saturated rings. The number of carbonyl (C=O) groups excluding carboxylic acids is 2. The molecular formula is C25H21N3O8S. The van der Waals surface area contributed by atoms with E-state index in [4.69, 9.17) is 14.2 Å². The Labute approximate surface area is 213 Å². The molecule has 3 aromatic rings. The first kappa shape index (κ1) is 25.5. The number of hydrogen-bond donors (Lipinski definition) is 0. The maximum atomic E-state index is 13.6. The van der Waals surface area contributed by atoms with Crippen LogP contribution in [0.5, 0.6) is 11.5 Å². The number of hydrogen-bond acceptors (Lipinski definition) is 10. The van der Waals surface area contributed by atoms with Crippen molar-refractivity contribution in [2.24, 2.45) is 4.99 Å². The molecular weight excluding hydrogens is 502 g/mol. The zero-order chi connectivity index (χ0) is 26.9. The Kier molecular flexibility index (Phi) is 7.02. The zero-order valence-electron chi connectivity index (χ0n) is 20.2. The Morgan fingerprint density at radius 1 is 1.16 bits per heavy atom. The van der Waals surface area contributed by atoms with E-state index in [2.05, 4.69) is 4.99 Å². The summed E-state index contributed by atoms with van der Waals surface area (Å²) in [5.74, 6) is -0.834. The highest BCUT2D eigenvalue weighted by atomic mass is 32.1. The molecule has 2 aromatic carbocycles. The summed E-state index contributed by atoms with van der Waals surface area (Å²) in [6.07, 6.45) is 1.43. The Morgan fingerprint density at radius 3 is 2.54 bits per heavy atom. The van der Waals surface area contributed by atoms with Crippen molar-refractivity contribution >= 4 is 35.0 Å². The van der Waals surface area contributed by atoms with Crippen molar-refractivity contribution < 1.29 is 28.7 Å². The van der Waals surface area contributed by atoms with Crippen LogP contribution in [0.15, 0.2) is 63.5 Å². The van der Waals surface area contributed by atoms with E-state index in [1.54, 1.807) is 25.1 Å². The van der Waals surface area contributed by atoms with Crippen molar-refractivity contribution in [1.29, 1.82) is 0 Å². The van der Waals surface area contributed by atoms with Crippen LogP contribution < -0.4 is 24.4 Å². The summed E-state index contributed by atoms with van der Waals surface area (Å²) < 4.78 is 17.1. The number of ether oxygens (including phenoxy) is 3. The van der Waals surface area contributed by atoms with E-state index < -0.39 is 28.5 Å². The minimum Gasteiger partial charge on any atom is -0.493 e.